The Morgan fingerprint density at radius 3 is 2.40 bits per heavy atom. The molecule has 0 aromatic carbocycles. The monoisotopic (exact) mass is 206 g/mol. The fourth-order valence-corrected chi connectivity index (χ4v) is 1.49. The van der Waals surface area contributed by atoms with Gasteiger partial charge >= 0.3 is 68.9 Å². The van der Waals surface area contributed by atoms with E-state index in [0.29, 0.717) is 15.0 Å². The Morgan fingerprint density at radius 2 is 2.00 bits per heavy atom. The average Bonchev–Trinajstić information content (AvgIpc) is 1.78. The minimum absolute atomic E-state index is 0.122. The minimum atomic E-state index is 0.122. The molecule has 0 radical (unpaired) electrons. The van der Waals surface area contributed by atoms with Gasteiger partial charge in [-0.05, 0) is 0 Å². The predicted molar refractivity (Wildman–Crippen MR) is 44.9 cm³/mol. The number of aliphatic hydroxyl groups is 1. The van der Waals surface area contributed by atoms with Crippen LogP contribution >= 0.6 is 0 Å². The summed E-state index contributed by atoms with van der Waals surface area (Å²) in [5.74, 6) is 3.12. The maximum atomic E-state index is 8.44. The van der Waals surface area contributed by atoms with E-state index in [9.17, 15) is 0 Å². The predicted octanol–water partition coefficient (Wildman–Crippen LogP) is 1.11. The molecule has 0 spiro atoms. The van der Waals surface area contributed by atoms with Crippen LogP contribution in [0, 0.1) is 16.2 Å². The van der Waals surface area contributed by atoms with Crippen molar-refractivity contribution in [3.63, 3.8) is 0 Å². The van der Waals surface area contributed by atoms with Crippen LogP contribution in [0.5, 0.6) is 0 Å². The second-order valence-electron chi connectivity index (χ2n) is 3.05. The third-order valence-electron chi connectivity index (χ3n) is 0.692. The molecule has 0 saturated heterocycles. The maximum absolute atomic E-state index is 8.44. The van der Waals surface area contributed by atoms with Gasteiger partial charge in [0.1, 0.15) is 0 Å². The fraction of sp³-hybridized carbons (Fsp3) is 0.750. The first-order valence-electron chi connectivity index (χ1n) is 3.31. The Balaban J connectivity index is 3.50. The van der Waals surface area contributed by atoms with E-state index >= 15 is 0 Å². The van der Waals surface area contributed by atoms with E-state index in [0.717, 1.165) is 5.32 Å². The van der Waals surface area contributed by atoms with Crippen LogP contribution in [0.25, 0.3) is 0 Å². The van der Waals surface area contributed by atoms with Crippen LogP contribution in [-0.4, -0.2) is 26.7 Å². The zero-order valence-corrected chi connectivity index (χ0v) is 8.48. The summed E-state index contributed by atoms with van der Waals surface area (Å²) in [6.45, 7) is 6.55. The van der Waals surface area contributed by atoms with E-state index in [1.807, 2.05) is 0 Å². The molecule has 0 rings (SSSR count). The number of hydrogen-bond donors (Lipinski definition) is 1. The molecule has 1 N–H and O–H groups in total. The standard InChI is InChI=1S/C8H14OSe/c1-8(2,3)4-6-10-7-5-9/h9H,5,7H2,1-3H3. The van der Waals surface area contributed by atoms with Crippen LogP contribution in [-0.2, 0) is 0 Å². The van der Waals surface area contributed by atoms with Gasteiger partial charge in [-0.25, -0.2) is 0 Å². The molecule has 1 nitrogen and oxygen atoms in total. The molecule has 58 valence electrons. The van der Waals surface area contributed by atoms with Crippen molar-refractivity contribution in [1.82, 2.24) is 0 Å². The van der Waals surface area contributed by atoms with Crippen molar-refractivity contribution in [2.75, 3.05) is 6.61 Å². The number of rotatable bonds is 2. The molecule has 2 heteroatoms. The van der Waals surface area contributed by atoms with E-state index in [-0.39, 0.29) is 12.0 Å². The average molecular weight is 205 g/mol. The molecule has 0 aromatic heterocycles. The van der Waals surface area contributed by atoms with Crippen molar-refractivity contribution < 1.29 is 5.11 Å². The van der Waals surface area contributed by atoms with Gasteiger partial charge in [0.05, 0.1) is 0 Å². The Bertz CT molecular complexity index is 136. The molecule has 0 bridgehead atoms. The van der Waals surface area contributed by atoms with Gasteiger partial charge in [-0.3, -0.25) is 0 Å². The van der Waals surface area contributed by atoms with Crippen molar-refractivity contribution in [2.45, 2.75) is 26.1 Å². The quantitative estimate of drug-likeness (QED) is 0.406. The van der Waals surface area contributed by atoms with Gasteiger partial charge in [0.15, 0.2) is 0 Å². The molecule has 0 aliphatic rings. The molecule has 0 atom stereocenters. The van der Waals surface area contributed by atoms with Crippen LogP contribution in [0.1, 0.15) is 20.8 Å². The summed E-state index contributed by atoms with van der Waals surface area (Å²) in [6, 6.07) is 0. The number of aliphatic hydroxyl groups excluding tert-OH is 1. The Labute approximate surface area is 69.4 Å². The van der Waals surface area contributed by atoms with Crippen molar-refractivity contribution in [3.8, 4) is 10.7 Å². The third-order valence-corrected chi connectivity index (χ3v) is 2.02. The molecule has 0 saturated carbocycles. The van der Waals surface area contributed by atoms with Crippen molar-refractivity contribution in [3.05, 3.63) is 0 Å². The third kappa shape index (κ3) is 8.04. The molecule has 0 unspecified atom stereocenters. The summed E-state index contributed by atoms with van der Waals surface area (Å²) < 4.78 is 0. The van der Waals surface area contributed by atoms with Crippen LogP contribution in [0.15, 0.2) is 0 Å². The molecule has 0 amide bonds. The Morgan fingerprint density at radius 1 is 1.40 bits per heavy atom. The summed E-state index contributed by atoms with van der Waals surface area (Å²) >= 11 is 0.321. The van der Waals surface area contributed by atoms with Crippen molar-refractivity contribution in [1.29, 1.82) is 0 Å². The van der Waals surface area contributed by atoms with Crippen molar-refractivity contribution >= 4 is 15.0 Å². The summed E-state index contributed by atoms with van der Waals surface area (Å²) in [6.07, 6.45) is 0. The van der Waals surface area contributed by atoms with E-state index < -0.39 is 0 Å². The summed E-state index contributed by atoms with van der Waals surface area (Å²) in [5.41, 5.74) is 0.122. The van der Waals surface area contributed by atoms with Gasteiger partial charge in [-0.15, -0.1) is 0 Å². The zero-order chi connectivity index (χ0) is 8.04. The normalized spacial score (nSPS) is 10.4. The van der Waals surface area contributed by atoms with Crippen LogP contribution < -0.4 is 0 Å². The first-order valence-corrected chi connectivity index (χ1v) is 5.38. The molecular formula is C8H14OSe. The molecule has 0 heterocycles. The van der Waals surface area contributed by atoms with Gasteiger partial charge in [0, 0.05) is 0 Å². The zero-order valence-electron chi connectivity index (χ0n) is 6.77. The van der Waals surface area contributed by atoms with E-state index in [1.54, 1.807) is 0 Å². The fourth-order valence-electron chi connectivity index (χ4n) is 0.286. The Kier molecular flexibility index (Phi) is 4.81. The van der Waals surface area contributed by atoms with E-state index in [2.05, 4.69) is 31.5 Å². The topological polar surface area (TPSA) is 20.2 Å². The van der Waals surface area contributed by atoms with Crippen molar-refractivity contribution in [2.24, 2.45) is 5.41 Å². The van der Waals surface area contributed by atoms with Crippen LogP contribution in [0.4, 0.5) is 0 Å². The second kappa shape index (κ2) is 4.79. The van der Waals surface area contributed by atoms with Gasteiger partial charge in [-0.2, -0.15) is 0 Å². The second-order valence-corrected chi connectivity index (χ2v) is 4.94. The first-order chi connectivity index (χ1) is 4.56. The van der Waals surface area contributed by atoms with Crippen LogP contribution in [0.3, 0.4) is 0 Å². The molecule has 0 fully saturated rings. The molecule has 0 aliphatic heterocycles. The van der Waals surface area contributed by atoms with E-state index in [4.69, 9.17) is 5.11 Å². The summed E-state index contributed by atoms with van der Waals surface area (Å²) in [5, 5.41) is 9.30. The van der Waals surface area contributed by atoms with Crippen LogP contribution in [0.2, 0.25) is 5.32 Å². The Hall–Kier alpha value is 0.0395. The van der Waals surface area contributed by atoms with Gasteiger partial charge < -0.3 is 0 Å². The number of hydrogen-bond acceptors (Lipinski definition) is 1. The summed E-state index contributed by atoms with van der Waals surface area (Å²) in [4.78, 5) is 3.08. The van der Waals surface area contributed by atoms with Gasteiger partial charge in [0.2, 0.25) is 0 Å². The van der Waals surface area contributed by atoms with E-state index in [1.165, 1.54) is 0 Å². The van der Waals surface area contributed by atoms with Gasteiger partial charge in [0.25, 0.3) is 0 Å². The SMILES string of the molecule is CC(C)(C)C#C[Se]CCO. The molecular weight excluding hydrogens is 191 g/mol. The van der Waals surface area contributed by atoms with Gasteiger partial charge in [-0.1, -0.05) is 0 Å². The molecule has 10 heavy (non-hydrogen) atoms. The molecule has 0 aliphatic carbocycles. The summed E-state index contributed by atoms with van der Waals surface area (Å²) in [7, 11) is 0. The first kappa shape index (κ1) is 10.0. The molecule has 0 aromatic rings.